The Morgan fingerprint density at radius 1 is 1.23 bits per heavy atom. The molecule has 0 spiro atoms. The molecular formula is C20H20N2O4. The maximum atomic E-state index is 12.7. The summed E-state index contributed by atoms with van der Waals surface area (Å²) < 4.78 is 17.1. The van der Waals surface area contributed by atoms with E-state index in [-0.39, 0.29) is 12.5 Å². The van der Waals surface area contributed by atoms with Gasteiger partial charge in [-0.25, -0.2) is 4.98 Å². The van der Waals surface area contributed by atoms with Gasteiger partial charge in [0.15, 0.2) is 12.4 Å². The van der Waals surface area contributed by atoms with E-state index >= 15 is 0 Å². The van der Waals surface area contributed by atoms with Crippen molar-refractivity contribution in [2.75, 3.05) is 6.54 Å². The SMILES string of the molecule is Cc1cc(C)c(C(=O)N2CCc3nc(COc4ccccc4)oc3C2)o1. The van der Waals surface area contributed by atoms with Crippen molar-refractivity contribution in [3.05, 3.63) is 70.8 Å². The molecule has 6 heteroatoms. The summed E-state index contributed by atoms with van der Waals surface area (Å²) >= 11 is 0. The van der Waals surface area contributed by atoms with Crippen LogP contribution in [0.3, 0.4) is 0 Å². The van der Waals surface area contributed by atoms with Gasteiger partial charge < -0.3 is 18.5 Å². The van der Waals surface area contributed by atoms with Crippen molar-refractivity contribution in [3.8, 4) is 5.75 Å². The van der Waals surface area contributed by atoms with Crippen LogP contribution >= 0.6 is 0 Å². The van der Waals surface area contributed by atoms with Crippen LogP contribution in [0, 0.1) is 13.8 Å². The number of ether oxygens (including phenoxy) is 1. The van der Waals surface area contributed by atoms with Crippen molar-refractivity contribution >= 4 is 5.91 Å². The quantitative estimate of drug-likeness (QED) is 0.717. The fraction of sp³-hybridized carbons (Fsp3) is 0.300. The van der Waals surface area contributed by atoms with E-state index in [1.807, 2.05) is 50.2 Å². The number of fused-ring (bicyclic) bond motifs is 1. The zero-order chi connectivity index (χ0) is 18.1. The number of rotatable bonds is 4. The molecule has 2 aromatic heterocycles. The van der Waals surface area contributed by atoms with Crippen LogP contribution < -0.4 is 4.74 Å². The number of aromatic nitrogens is 1. The zero-order valence-corrected chi connectivity index (χ0v) is 14.8. The maximum Gasteiger partial charge on any atom is 0.290 e. The molecule has 26 heavy (non-hydrogen) atoms. The highest BCUT2D eigenvalue weighted by Gasteiger charge is 2.28. The van der Waals surface area contributed by atoms with Crippen LogP contribution in [0.2, 0.25) is 0 Å². The Kier molecular flexibility index (Phi) is 4.24. The molecule has 0 bridgehead atoms. The fourth-order valence-corrected chi connectivity index (χ4v) is 3.14. The Balaban J connectivity index is 1.45. The second-order valence-corrected chi connectivity index (χ2v) is 6.43. The zero-order valence-electron chi connectivity index (χ0n) is 14.8. The Bertz CT molecular complexity index is 927. The highest BCUT2D eigenvalue weighted by atomic mass is 16.5. The minimum Gasteiger partial charge on any atom is -0.484 e. The lowest BCUT2D eigenvalue weighted by molar-refractivity contribution is 0.0683. The topological polar surface area (TPSA) is 68.7 Å². The number of para-hydroxylation sites is 1. The van der Waals surface area contributed by atoms with Crippen molar-refractivity contribution in [2.24, 2.45) is 0 Å². The number of hydrogen-bond donors (Lipinski definition) is 0. The van der Waals surface area contributed by atoms with Gasteiger partial charge in [0, 0.05) is 18.5 Å². The third-order valence-corrected chi connectivity index (χ3v) is 4.40. The molecule has 0 unspecified atom stereocenters. The molecule has 6 nitrogen and oxygen atoms in total. The number of amides is 1. The number of furan rings is 1. The summed E-state index contributed by atoms with van der Waals surface area (Å²) in [5.74, 6) is 3.04. The van der Waals surface area contributed by atoms with E-state index in [0.29, 0.717) is 31.2 Å². The third-order valence-electron chi connectivity index (χ3n) is 4.40. The van der Waals surface area contributed by atoms with Gasteiger partial charge in [-0.15, -0.1) is 0 Å². The van der Waals surface area contributed by atoms with E-state index in [0.717, 1.165) is 28.5 Å². The van der Waals surface area contributed by atoms with Gasteiger partial charge in [-0.3, -0.25) is 4.79 Å². The second kappa shape index (κ2) is 6.71. The van der Waals surface area contributed by atoms with Crippen LogP contribution in [0.1, 0.15) is 39.2 Å². The molecule has 0 fully saturated rings. The van der Waals surface area contributed by atoms with Crippen LogP contribution in [0.4, 0.5) is 0 Å². The van der Waals surface area contributed by atoms with Crippen LogP contribution in [0.25, 0.3) is 0 Å². The van der Waals surface area contributed by atoms with Crippen LogP contribution in [0.5, 0.6) is 5.75 Å². The van der Waals surface area contributed by atoms with E-state index in [1.54, 1.807) is 4.90 Å². The van der Waals surface area contributed by atoms with Crippen LogP contribution in [-0.4, -0.2) is 22.3 Å². The average Bonchev–Trinajstić information content (AvgIpc) is 3.21. The van der Waals surface area contributed by atoms with E-state index in [2.05, 4.69) is 4.98 Å². The van der Waals surface area contributed by atoms with Crippen LogP contribution in [-0.2, 0) is 19.6 Å². The largest absolute Gasteiger partial charge is 0.484 e. The summed E-state index contributed by atoms with van der Waals surface area (Å²) in [6.07, 6.45) is 0.661. The Morgan fingerprint density at radius 2 is 2.04 bits per heavy atom. The van der Waals surface area contributed by atoms with E-state index in [9.17, 15) is 4.79 Å². The predicted octanol–water partition coefficient (Wildman–Crippen LogP) is 3.66. The molecule has 1 amide bonds. The number of aryl methyl sites for hydroxylation is 2. The lowest BCUT2D eigenvalue weighted by atomic mass is 10.1. The fourth-order valence-electron chi connectivity index (χ4n) is 3.14. The summed E-state index contributed by atoms with van der Waals surface area (Å²) in [6, 6.07) is 11.4. The molecule has 4 rings (SSSR count). The molecule has 1 aliphatic rings. The van der Waals surface area contributed by atoms with Crippen molar-refractivity contribution < 1.29 is 18.4 Å². The molecule has 0 saturated heterocycles. The smallest absolute Gasteiger partial charge is 0.290 e. The number of carbonyl (C=O) groups is 1. The molecule has 1 aliphatic heterocycles. The standard InChI is InChI=1S/C20H20N2O4/c1-13-10-14(2)25-19(13)20(23)22-9-8-16-17(11-22)26-18(21-16)12-24-15-6-4-3-5-7-15/h3-7,10H,8-9,11-12H2,1-2H3. The molecule has 1 aromatic carbocycles. The first-order chi connectivity index (χ1) is 12.6. The maximum absolute atomic E-state index is 12.7. The Hall–Kier alpha value is -3.02. The van der Waals surface area contributed by atoms with Crippen molar-refractivity contribution in [1.29, 1.82) is 0 Å². The van der Waals surface area contributed by atoms with Crippen molar-refractivity contribution in [1.82, 2.24) is 9.88 Å². The van der Waals surface area contributed by atoms with Gasteiger partial charge in [-0.2, -0.15) is 0 Å². The highest BCUT2D eigenvalue weighted by molar-refractivity contribution is 5.93. The minimum atomic E-state index is -0.111. The molecule has 0 atom stereocenters. The summed E-state index contributed by atoms with van der Waals surface area (Å²) in [7, 11) is 0. The van der Waals surface area contributed by atoms with E-state index < -0.39 is 0 Å². The van der Waals surface area contributed by atoms with Gasteiger partial charge in [-0.05, 0) is 32.0 Å². The molecule has 0 aliphatic carbocycles. The van der Waals surface area contributed by atoms with E-state index in [1.165, 1.54) is 0 Å². The average molecular weight is 352 g/mol. The summed E-state index contributed by atoms with van der Waals surface area (Å²) in [6.45, 7) is 4.98. The van der Waals surface area contributed by atoms with Crippen molar-refractivity contribution in [2.45, 2.75) is 33.4 Å². The highest BCUT2D eigenvalue weighted by Crippen LogP contribution is 2.24. The Labute approximate surface area is 151 Å². The molecule has 0 N–H and O–H groups in total. The first-order valence-corrected chi connectivity index (χ1v) is 8.62. The summed E-state index contributed by atoms with van der Waals surface area (Å²) in [4.78, 5) is 18.9. The molecule has 0 radical (unpaired) electrons. The van der Waals surface area contributed by atoms with Gasteiger partial charge in [0.05, 0.1) is 12.2 Å². The lowest BCUT2D eigenvalue weighted by Gasteiger charge is -2.24. The number of carbonyl (C=O) groups excluding carboxylic acids is 1. The first-order valence-electron chi connectivity index (χ1n) is 8.62. The monoisotopic (exact) mass is 352 g/mol. The van der Waals surface area contributed by atoms with E-state index in [4.69, 9.17) is 13.6 Å². The first kappa shape index (κ1) is 16.4. The second-order valence-electron chi connectivity index (χ2n) is 6.43. The number of hydrogen-bond acceptors (Lipinski definition) is 5. The third kappa shape index (κ3) is 3.22. The van der Waals surface area contributed by atoms with Crippen LogP contribution in [0.15, 0.2) is 45.2 Å². The van der Waals surface area contributed by atoms with Gasteiger partial charge in [0.25, 0.3) is 5.91 Å². The molecule has 3 heterocycles. The van der Waals surface area contributed by atoms with Gasteiger partial charge >= 0.3 is 0 Å². The van der Waals surface area contributed by atoms with Gasteiger partial charge in [0.1, 0.15) is 17.3 Å². The molecule has 134 valence electrons. The summed E-state index contributed by atoms with van der Waals surface area (Å²) in [5, 5.41) is 0. The summed E-state index contributed by atoms with van der Waals surface area (Å²) in [5.41, 5.74) is 1.75. The molecule has 0 saturated carbocycles. The number of oxazole rings is 1. The van der Waals surface area contributed by atoms with Crippen molar-refractivity contribution in [3.63, 3.8) is 0 Å². The minimum absolute atomic E-state index is 0.111. The normalized spacial score (nSPS) is 13.5. The van der Waals surface area contributed by atoms with Gasteiger partial charge in [0.2, 0.25) is 5.89 Å². The Morgan fingerprint density at radius 3 is 2.77 bits per heavy atom. The number of benzene rings is 1. The molecular weight excluding hydrogens is 332 g/mol. The number of nitrogens with zero attached hydrogens (tertiary/aromatic N) is 2. The van der Waals surface area contributed by atoms with Gasteiger partial charge in [-0.1, -0.05) is 18.2 Å². The predicted molar refractivity (Wildman–Crippen MR) is 93.9 cm³/mol. The lowest BCUT2D eigenvalue weighted by Crippen LogP contribution is -2.35. The molecule has 3 aromatic rings.